The van der Waals surface area contributed by atoms with E-state index in [9.17, 15) is 9.18 Å². The third-order valence-corrected chi connectivity index (χ3v) is 6.31. The normalized spacial score (nSPS) is 19.3. The van der Waals surface area contributed by atoms with Crippen molar-refractivity contribution in [2.75, 3.05) is 26.2 Å². The number of halogens is 1. The topological polar surface area (TPSA) is 99.9 Å². The third kappa shape index (κ3) is 5.72. The minimum absolute atomic E-state index is 0.00513. The number of hydrogen-bond acceptors (Lipinski definition) is 7. The molecule has 4 rings (SSSR count). The van der Waals surface area contributed by atoms with Crippen LogP contribution in [0, 0.1) is 25.6 Å². The zero-order valence-electron chi connectivity index (χ0n) is 19.1. The molecule has 0 radical (unpaired) electrons. The summed E-state index contributed by atoms with van der Waals surface area (Å²) in [5, 5.41) is 16.2. The molecule has 1 aromatic carbocycles. The first-order valence-electron chi connectivity index (χ1n) is 11.4. The van der Waals surface area contributed by atoms with E-state index < -0.39 is 0 Å². The van der Waals surface area contributed by atoms with Crippen LogP contribution in [0.2, 0.25) is 0 Å². The summed E-state index contributed by atoms with van der Waals surface area (Å²) in [4.78, 5) is 29.5. The summed E-state index contributed by atoms with van der Waals surface area (Å²) in [6.07, 6.45) is 2.67. The predicted molar refractivity (Wildman–Crippen MR) is 121 cm³/mol. The van der Waals surface area contributed by atoms with Gasteiger partial charge in [0.05, 0.1) is 12.3 Å². The number of likely N-dealkylation sites (tertiary alicyclic amines) is 1. The van der Waals surface area contributed by atoms with E-state index in [-0.39, 0.29) is 36.7 Å². The Morgan fingerprint density at radius 2 is 2.03 bits per heavy atom. The summed E-state index contributed by atoms with van der Waals surface area (Å²) in [6.45, 7) is 6.51. The molecular weight excluding hydrogens is 425 g/mol. The highest BCUT2D eigenvalue weighted by molar-refractivity contribution is 6.01. The average Bonchev–Trinajstić information content (AvgIpc) is 3.30. The Kier molecular flexibility index (Phi) is 7.29. The Morgan fingerprint density at radius 3 is 2.76 bits per heavy atom. The number of aromatic nitrogens is 2. The lowest BCUT2D eigenvalue weighted by atomic mass is 9.88. The summed E-state index contributed by atoms with van der Waals surface area (Å²) >= 11 is 0. The third-order valence-electron chi connectivity index (χ3n) is 6.31. The van der Waals surface area contributed by atoms with Crippen LogP contribution in [0.25, 0.3) is 0 Å². The van der Waals surface area contributed by atoms with Gasteiger partial charge < -0.3 is 20.2 Å². The number of carbonyl (C=O) groups excluding carboxylic acids is 1. The second-order valence-corrected chi connectivity index (χ2v) is 8.74. The number of aliphatic hydroxyl groups is 1. The number of carbonyl (C=O) groups is 1. The summed E-state index contributed by atoms with van der Waals surface area (Å²) in [7, 11) is 0. The molecule has 8 nitrogen and oxygen atoms in total. The molecule has 33 heavy (non-hydrogen) atoms. The standard InChI is InChI=1S/C24H30FN5O3/c1-15-11-17(3-4-19(15)25)14-26-24(32)22-12-20(27-16(2)28-22)21-13-23(33-29-21)18-5-7-30(8-6-18)9-10-31/h3-4,11-12,18,23,31H,5-10,13-14H2,1-2H3,(H,26,32). The highest BCUT2D eigenvalue weighted by Gasteiger charge is 2.33. The Labute approximate surface area is 192 Å². The smallest absolute Gasteiger partial charge is 0.270 e. The largest absolute Gasteiger partial charge is 0.395 e. The van der Waals surface area contributed by atoms with Crippen molar-refractivity contribution in [2.24, 2.45) is 11.1 Å². The molecule has 1 amide bonds. The van der Waals surface area contributed by atoms with Gasteiger partial charge in [-0.25, -0.2) is 14.4 Å². The van der Waals surface area contributed by atoms with Crippen LogP contribution in [0.4, 0.5) is 4.39 Å². The number of amides is 1. The van der Waals surface area contributed by atoms with Crippen LogP contribution in [-0.4, -0.2) is 63.9 Å². The van der Waals surface area contributed by atoms with Crippen molar-refractivity contribution in [1.82, 2.24) is 20.2 Å². The number of benzene rings is 1. The van der Waals surface area contributed by atoms with E-state index in [4.69, 9.17) is 9.94 Å². The first-order valence-corrected chi connectivity index (χ1v) is 11.4. The Morgan fingerprint density at radius 1 is 1.24 bits per heavy atom. The summed E-state index contributed by atoms with van der Waals surface area (Å²) in [5.74, 6) is 0.301. The van der Waals surface area contributed by atoms with Gasteiger partial charge in [-0.05, 0) is 63.0 Å². The quantitative estimate of drug-likeness (QED) is 0.665. The summed E-state index contributed by atoms with van der Waals surface area (Å²) in [5.41, 5.74) is 2.95. The maximum atomic E-state index is 13.5. The molecule has 1 saturated heterocycles. The number of rotatable bonds is 7. The van der Waals surface area contributed by atoms with Crippen molar-refractivity contribution >= 4 is 11.6 Å². The van der Waals surface area contributed by atoms with Crippen LogP contribution >= 0.6 is 0 Å². The minimum atomic E-state index is -0.323. The van der Waals surface area contributed by atoms with Crippen molar-refractivity contribution in [3.63, 3.8) is 0 Å². The lowest BCUT2D eigenvalue weighted by Gasteiger charge is -2.33. The minimum Gasteiger partial charge on any atom is -0.395 e. The first-order chi connectivity index (χ1) is 15.9. The SMILES string of the molecule is Cc1nc(C(=O)NCc2ccc(F)c(C)c2)cc(C2=NOC(C3CCN(CCO)CC3)C2)n1. The van der Waals surface area contributed by atoms with Gasteiger partial charge in [-0.1, -0.05) is 17.3 Å². The molecule has 2 aliphatic heterocycles. The number of aryl methyl sites for hydroxylation is 2. The van der Waals surface area contributed by atoms with Gasteiger partial charge in [0, 0.05) is 25.4 Å². The van der Waals surface area contributed by atoms with Gasteiger partial charge in [-0.3, -0.25) is 4.79 Å². The predicted octanol–water partition coefficient (Wildman–Crippen LogP) is 2.36. The molecule has 0 spiro atoms. The monoisotopic (exact) mass is 455 g/mol. The molecule has 1 aromatic heterocycles. The maximum absolute atomic E-state index is 13.5. The van der Waals surface area contributed by atoms with Crippen LogP contribution in [0.3, 0.4) is 0 Å². The first kappa shape index (κ1) is 23.3. The summed E-state index contributed by atoms with van der Waals surface area (Å²) in [6, 6.07) is 6.41. The Hall–Kier alpha value is -2.91. The molecule has 9 heteroatoms. The molecular formula is C24H30FN5O3. The molecule has 3 heterocycles. The zero-order chi connectivity index (χ0) is 23.4. The van der Waals surface area contributed by atoms with Crippen LogP contribution in [-0.2, 0) is 11.4 Å². The molecule has 0 saturated carbocycles. The van der Waals surface area contributed by atoms with Gasteiger partial charge in [-0.15, -0.1) is 0 Å². The van der Waals surface area contributed by atoms with Gasteiger partial charge in [0.2, 0.25) is 0 Å². The van der Waals surface area contributed by atoms with Gasteiger partial charge in [0.25, 0.3) is 5.91 Å². The molecule has 2 N–H and O–H groups in total. The molecule has 0 bridgehead atoms. The Balaban J connectivity index is 1.37. The van der Waals surface area contributed by atoms with Crippen LogP contribution < -0.4 is 5.32 Å². The molecule has 1 unspecified atom stereocenters. The lowest BCUT2D eigenvalue weighted by molar-refractivity contribution is 0.0119. The van der Waals surface area contributed by atoms with Crippen molar-refractivity contribution in [1.29, 1.82) is 0 Å². The van der Waals surface area contributed by atoms with Crippen molar-refractivity contribution in [3.8, 4) is 0 Å². The van der Waals surface area contributed by atoms with Gasteiger partial charge >= 0.3 is 0 Å². The molecule has 2 aromatic rings. The van der Waals surface area contributed by atoms with E-state index in [0.717, 1.165) is 37.2 Å². The number of aliphatic hydroxyl groups excluding tert-OH is 1. The van der Waals surface area contributed by atoms with E-state index in [0.29, 0.717) is 36.0 Å². The molecule has 176 valence electrons. The lowest BCUT2D eigenvalue weighted by Crippen LogP contribution is -2.39. The van der Waals surface area contributed by atoms with Crippen molar-refractivity contribution in [2.45, 2.75) is 45.8 Å². The van der Waals surface area contributed by atoms with Gasteiger partial charge in [-0.2, -0.15) is 0 Å². The van der Waals surface area contributed by atoms with E-state index in [2.05, 4.69) is 25.3 Å². The molecule has 0 aliphatic carbocycles. The van der Waals surface area contributed by atoms with E-state index in [1.54, 1.807) is 32.0 Å². The fourth-order valence-electron chi connectivity index (χ4n) is 4.41. The van der Waals surface area contributed by atoms with E-state index in [1.165, 1.54) is 6.07 Å². The zero-order valence-corrected chi connectivity index (χ0v) is 19.1. The number of oxime groups is 1. The fourth-order valence-corrected chi connectivity index (χ4v) is 4.41. The van der Waals surface area contributed by atoms with Crippen LogP contribution in [0.1, 0.15) is 52.4 Å². The highest BCUT2D eigenvalue weighted by Crippen LogP contribution is 2.29. The van der Waals surface area contributed by atoms with Crippen molar-refractivity contribution in [3.05, 3.63) is 58.4 Å². The fraction of sp³-hybridized carbons (Fsp3) is 0.500. The van der Waals surface area contributed by atoms with Crippen LogP contribution in [0.5, 0.6) is 0 Å². The Bertz CT molecular complexity index is 1040. The number of β-amino-alcohol motifs (C(OH)–C–C–N with tert-alkyl or cyclic N) is 1. The second kappa shape index (κ2) is 10.4. The van der Waals surface area contributed by atoms with E-state index >= 15 is 0 Å². The average molecular weight is 456 g/mol. The molecule has 1 fully saturated rings. The number of nitrogens with zero attached hydrogens (tertiary/aromatic N) is 4. The maximum Gasteiger partial charge on any atom is 0.270 e. The van der Waals surface area contributed by atoms with Crippen molar-refractivity contribution < 1.29 is 19.1 Å². The van der Waals surface area contributed by atoms with E-state index in [1.807, 2.05) is 0 Å². The van der Waals surface area contributed by atoms with Gasteiger partial charge in [0.1, 0.15) is 29.2 Å². The number of nitrogens with one attached hydrogen (secondary N) is 1. The molecule has 2 aliphatic rings. The highest BCUT2D eigenvalue weighted by atomic mass is 19.1. The van der Waals surface area contributed by atoms with Gasteiger partial charge in [0.15, 0.2) is 0 Å². The molecule has 1 atom stereocenters. The van der Waals surface area contributed by atoms with Crippen LogP contribution in [0.15, 0.2) is 29.4 Å². The number of hydrogen-bond donors (Lipinski definition) is 2. The second-order valence-electron chi connectivity index (χ2n) is 8.74. The summed E-state index contributed by atoms with van der Waals surface area (Å²) < 4.78 is 13.5. The number of piperidine rings is 1.